The Balaban J connectivity index is 1.63. The Bertz CT molecular complexity index is 1040. The van der Waals surface area contributed by atoms with Gasteiger partial charge in [-0.15, -0.1) is 0 Å². The van der Waals surface area contributed by atoms with Crippen molar-refractivity contribution in [1.29, 1.82) is 0 Å². The number of benzene rings is 2. The van der Waals surface area contributed by atoms with Crippen molar-refractivity contribution < 1.29 is 4.79 Å². The molecule has 3 aromatic rings. The van der Waals surface area contributed by atoms with Crippen molar-refractivity contribution in [1.82, 2.24) is 14.8 Å². The van der Waals surface area contributed by atoms with Gasteiger partial charge in [0.15, 0.2) is 0 Å². The molecule has 134 valence electrons. The Morgan fingerprint density at radius 2 is 1.85 bits per heavy atom. The molecule has 2 aromatic carbocycles. The van der Waals surface area contributed by atoms with Gasteiger partial charge in [-0.1, -0.05) is 60.7 Å². The molecule has 1 N–H and O–H groups in total. The molecule has 1 aliphatic heterocycles. The van der Waals surface area contributed by atoms with Crippen LogP contribution >= 0.6 is 0 Å². The number of fused-ring (bicyclic) bond motifs is 2. The summed E-state index contributed by atoms with van der Waals surface area (Å²) in [7, 11) is 0. The maximum atomic E-state index is 13.3. The van der Waals surface area contributed by atoms with E-state index in [0.717, 1.165) is 11.3 Å². The predicted octanol–water partition coefficient (Wildman–Crippen LogP) is 3.86. The van der Waals surface area contributed by atoms with Crippen molar-refractivity contribution in [3.63, 3.8) is 0 Å². The first-order valence-electron chi connectivity index (χ1n) is 9.24. The van der Waals surface area contributed by atoms with Crippen LogP contribution in [0.1, 0.15) is 35.1 Å². The zero-order valence-corrected chi connectivity index (χ0v) is 15.0. The quantitative estimate of drug-likeness (QED) is 0.757. The van der Waals surface area contributed by atoms with E-state index in [9.17, 15) is 4.79 Å². The summed E-state index contributed by atoms with van der Waals surface area (Å²) < 4.78 is 1.84. The molecule has 0 bridgehead atoms. The number of ketones is 1. The summed E-state index contributed by atoms with van der Waals surface area (Å²) >= 11 is 0. The van der Waals surface area contributed by atoms with Gasteiger partial charge >= 0.3 is 0 Å². The molecule has 0 fully saturated rings. The zero-order valence-electron chi connectivity index (χ0n) is 15.0. The molecule has 0 saturated carbocycles. The molecule has 0 spiro atoms. The van der Waals surface area contributed by atoms with Crippen LogP contribution < -0.4 is 5.32 Å². The second-order valence-corrected chi connectivity index (χ2v) is 7.24. The number of carbonyl (C=O) groups is 1. The van der Waals surface area contributed by atoms with Gasteiger partial charge in [-0.25, -0.2) is 4.68 Å². The van der Waals surface area contributed by atoms with E-state index < -0.39 is 0 Å². The summed E-state index contributed by atoms with van der Waals surface area (Å²) in [5, 5.41) is 7.75. The van der Waals surface area contributed by atoms with E-state index in [4.69, 9.17) is 0 Å². The number of aryl methyl sites for hydroxylation is 1. The largest absolute Gasteiger partial charge is 0.328 e. The van der Waals surface area contributed by atoms with Crippen molar-refractivity contribution in [3.05, 3.63) is 89.4 Å². The minimum absolute atomic E-state index is 0.0864. The Labute approximate surface area is 157 Å². The fraction of sp³-hybridized carbons (Fsp3) is 0.227. The highest BCUT2D eigenvalue weighted by molar-refractivity contribution is 5.88. The molecule has 2 aliphatic rings. The Morgan fingerprint density at radius 1 is 1.07 bits per heavy atom. The Hall–Kier alpha value is -3.21. The predicted molar refractivity (Wildman–Crippen MR) is 103 cm³/mol. The molecule has 5 heteroatoms. The number of rotatable bonds is 2. The molecule has 5 rings (SSSR count). The van der Waals surface area contributed by atoms with Gasteiger partial charge in [-0.05, 0) is 23.6 Å². The van der Waals surface area contributed by atoms with E-state index >= 15 is 0 Å². The van der Waals surface area contributed by atoms with E-state index in [1.807, 2.05) is 35.0 Å². The van der Waals surface area contributed by atoms with Gasteiger partial charge < -0.3 is 5.32 Å². The summed E-state index contributed by atoms with van der Waals surface area (Å²) in [6, 6.07) is 18.2. The van der Waals surface area contributed by atoms with E-state index in [1.165, 1.54) is 11.1 Å². The molecule has 0 unspecified atom stereocenters. The van der Waals surface area contributed by atoms with Crippen LogP contribution in [0.25, 0.3) is 0 Å². The summed E-state index contributed by atoms with van der Waals surface area (Å²) in [4.78, 5) is 17.6. The second kappa shape index (κ2) is 6.20. The number of hydrogen-bond donors (Lipinski definition) is 1. The summed E-state index contributed by atoms with van der Waals surface area (Å²) in [5.41, 5.74) is 4.43. The van der Waals surface area contributed by atoms with Crippen molar-refractivity contribution in [2.75, 3.05) is 5.32 Å². The van der Waals surface area contributed by atoms with Gasteiger partial charge in [0.1, 0.15) is 12.1 Å². The number of hydrogen-bond acceptors (Lipinski definition) is 4. The van der Waals surface area contributed by atoms with Gasteiger partial charge in [-0.3, -0.25) is 4.79 Å². The van der Waals surface area contributed by atoms with Gasteiger partial charge in [0.2, 0.25) is 5.95 Å². The first-order valence-corrected chi connectivity index (χ1v) is 9.24. The fourth-order valence-electron chi connectivity index (χ4n) is 4.36. The van der Waals surface area contributed by atoms with Crippen LogP contribution in [0.15, 0.2) is 72.7 Å². The van der Waals surface area contributed by atoms with Crippen LogP contribution in [0.4, 0.5) is 5.95 Å². The van der Waals surface area contributed by atoms with Crippen LogP contribution in [0.5, 0.6) is 0 Å². The standard InChI is InChI=1S/C22H20N4O/c1-14-7-5-6-10-17(14)16-11-18-20(19(27)12-16)21(15-8-3-2-4-9-15)26-22(25-18)23-13-24-26/h2-11,13,16,20-21H,12H2,1H3,(H,23,24,25)/t16-,20-,21-/m0/s1. The first kappa shape index (κ1) is 16.0. The average molecular weight is 356 g/mol. The SMILES string of the molecule is Cc1ccccc1[C@H]1C=C2Nc3ncnn3[C@@H](c3ccccc3)[C@@H]2C(=O)C1. The van der Waals surface area contributed by atoms with Crippen molar-refractivity contribution >= 4 is 11.7 Å². The van der Waals surface area contributed by atoms with Gasteiger partial charge in [0.25, 0.3) is 0 Å². The van der Waals surface area contributed by atoms with Crippen molar-refractivity contribution in [2.24, 2.45) is 5.92 Å². The number of carbonyl (C=O) groups excluding carboxylic acids is 1. The summed E-state index contributed by atoms with van der Waals surface area (Å²) in [6.07, 6.45) is 4.26. The van der Waals surface area contributed by atoms with Gasteiger partial charge in [-0.2, -0.15) is 10.1 Å². The lowest BCUT2D eigenvalue weighted by atomic mass is 9.75. The molecular weight excluding hydrogens is 336 g/mol. The molecule has 0 amide bonds. The van der Waals surface area contributed by atoms with Crippen LogP contribution in [0.3, 0.4) is 0 Å². The highest BCUT2D eigenvalue weighted by atomic mass is 16.1. The van der Waals surface area contributed by atoms with Crippen LogP contribution in [-0.2, 0) is 4.79 Å². The minimum Gasteiger partial charge on any atom is -0.328 e. The second-order valence-electron chi connectivity index (χ2n) is 7.24. The third-order valence-corrected chi connectivity index (χ3v) is 5.62. The number of Topliss-reactive ketones (excluding diaryl/α,β-unsaturated/α-hetero) is 1. The van der Waals surface area contributed by atoms with Crippen molar-refractivity contribution in [2.45, 2.75) is 25.3 Å². The zero-order chi connectivity index (χ0) is 18.4. The number of nitrogens with zero attached hydrogens (tertiary/aromatic N) is 3. The average Bonchev–Trinajstić information content (AvgIpc) is 3.15. The molecule has 1 aromatic heterocycles. The lowest BCUT2D eigenvalue weighted by molar-refractivity contribution is -0.123. The third-order valence-electron chi connectivity index (χ3n) is 5.62. The first-order chi connectivity index (χ1) is 13.2. The molecule has 0 radical (unpaired) electrons. The molecule has 1 aliphatic carbocycles. The molecule has 2 heterocycles. The number of anilines is 1. The minimum atomic E-state index is -0.262. The fourth-order valence-corrected chi connectivity index (χ4v) is 4.36. The molecular formula is C22H20N4O. The van der Waals surface area contributed by atoms with E-state index in [0.29, 0.717) is 12.4 Å². The lowest BCUT2D eigenvalue weighted by Crippen LogP contribution is -2.40. The molecule has 5 nitrogen and oxygen atoms in total. The smallest absolute Gasteiger partial charge is 0.226 e. The number of aromatic nitrogens is 3. The molecule has 27 heavy (non-hydrogen) atoms. The Morgan fingerprint density at radius 3 is 2.67 bits per heavy atom. The number of allylic oxidation sites excluding steroid dienone is 2. The summed E-state index contributed by atoms with van der Waals surface area (Å²) in [6.45, 7) is 2.10. The van der Waals surface area contributed by atoms with Gasteiger partial charge in [0, 0.05) is 18.0 Å². The van der Waals surface area contributed by atoms with Gasteiger partial charge in [0.05, 0.1) is 12.0 Å². The Kier molecular flexibility index (Phi) is 3.67. The maximum Gasteiger partial charge on any atom is 0.226 e. The van der Waals surface area contributed by atoms with Crippen LogP contribution in [0.2, 0.25) is 0 Å². The summed E-state index contributed by atoms with van der Waals surface area (Å²) in [5.74, 6) is 0.748. The normalized spacial score (nSPS) is 23.8. The topological polar surface area (TPSA) is 59.8 Å². The maximum absolute atomic E-state index is 13.3. The van der Waals surface area contributed by atoms with Crippen molar-refractivity contribution in [3.8, 4) is 0 Å². The number of nitrogens with one attached hydrogen (secondary N) is 1. The third kappa shape index (κ3) is 2.58. The highest BCUT2D eigenvalue weighted by Gasteiger charge is 2.43. The lowest BCUT2D eigenvalue weighted by Gasteiger charge is -2.38. The van der Waals surface area contributed by atoms with E-state index in [-0.39, 0.29) is 23.7 Å². The van der Waals surface area contributed by atoms with E-state index in [1.54, 1.807) is 6.33 Å². The monoisotopic (exact) mass is 356 g/mol. The highest BCUT2D eigenvalue weighted by Crippen LogP contribution is 2.44. The molecule has 0 saturated heterocycles. The molecule has 3 atom stereocenters. The van der Waals surface area contributed by atoms with Crippen LogP contribution in [-0.4, -0.2) is 20.5 Å². The van der Waals surface area contributed by atoms with E-state index in [2.05, 4.69) is 52.7 Å². The van der Waals surface area contributed by atoms with Crippen LogP contribution in [0, 0.1) is 12.8 Å².